The first-order valence-electron chi connectivity index (χ1n) is 5.66. The van der Waals surface area contributed by atoms with Crippen LogP contribution in [-0.4, -0.2) is 20.9 Å². The molecule has 4 nitrogen and oxygen atoms in total. The monoisotopic (exact) mass is 300 g/mol. The predicted molar refractivity (Wildman–Crippen MR) is 70.8 cm³/mol. The molecule has 0 bridgehead atoms. The lowest BCUT2D eigenvalue weighted by Crippen LogP contribution is -1.96. The topological polar surface area (TPSA) is 55.1 Å². The van der Waals surface area contributed by atoms with Gasteiger partial charge in [0.05, 0.1) is 15.9 Å². The van der Waals surface area contributed by atoms with Crippen molar-refractivity contribution in [2.75, 3.05) is 0 Å². The van der Waals surface area contributed by atoms with Gasteiger partial charge in [-0.1, -0.05) is 13.0 Å². The molecule has 1 aromatic rings. The van der Waals surface area contributed by atoms with Gasteiger partial charge in [0.1, 0.15) is 0 Å². The van der Waals surface area contributed by atoms with E-state index in [1.54, 1.807) is 0 Å². The predicted octanol–water partition coefficient (Wildman–Crippen LogP) is 3.01. The molecule has 1 aromatic heterocycles. The average Bonchev–Trinajstić information content (AvgIpc) is 2.53. The van der Waals surface area contributed by atoms with Crippen molar-refractivity contribution in [1.29, 1.82) is 0 Å². The summed E-state index contributed by atoms with van der Waals surface area (Å²) in [7, 11) is 1.92. The van der Waals surface area contributed by atoms with Crippen LogP contribution >= 0.6 is 15.9 Å². The van der Waals surface area contributed by atoms with Gasteiger partial charge in [-0.25, -0.2) is 0 Å². The molecule has 0 amide bonds. The Hall–Kier alpha value is -1.10. The van der Waals surface area contributed by atoms with Gasteiger partial charge in [0.25, 0.3) is 0 Å². The molecule has 0 aliphatic rings. The van der Waals surface area contributed by atoms with E-state index in [9.17, 15) is 4.79 Å². The number of carbonyl (C=O) groups is 1. The van der Waals surface area contributed by atoms with Crippen molar-refractivity contribution >= 4 is 28.0 Å². The summed E-state index contributed by atoms with van der Waals surface area (Å²) in [6.45, 7) is 2.09. The average molecular weight is 301 g/mol. The second kappa shape index (κ2) is 6.59. The van der Waals surface area contributed by atoms with Gasteiger partial charge >= 0.3 is 5.97 Å². The molecule has 0 aliphatic heterocycles. The number of nitrogens with zero attached hydrogens (tertiary/aromatic N) is 2. The van der Waals surface area contributed by atoms with Crippen molar-refractivity contribution in [3.05, 3.63) is 21.9 Å². The summed E-state index contributed by atoms with van der Waals surface area (Å²) in [6.07, 6.45) is 6.47. The van der Waals surface area contributed by atoms with Gasteiger partial charge in [0.15, 0.2) is 0 Å². The van der Waals surface area contributed by atoms with E-state index in [-0.39, 0.29) is 6.42 Å². The van der Waals surface area contributed by atoms with E-state index >= 15 is 0 Å². The molecule has 0 aliphatic carbocycles. The maximum Gasteiger partial charge on any atom is 0.303 e. The van der Waals surface area contributed by atoms with Crippen LogP contribution in [-0.2, 0) is 18.3 Å². The maximum absolute atomic E-state index is 10.3. The molecule has 0 atom stereocenters. The van der Waals surface area contributed by atoms with Gasteiger partial charge in [-0.3, -0.25) is 9.48 Å². The lowest BCUT2D eigenvalue weighted by molar-refractivity contribution is -0.137. The number of rotatable bonds is 6. The van der Waals surface area contributed by atoms with E-state index in [1.165, 1.54) is 0 Å². The summed E-state index contributed by atoms with van der Waals surface area (Å²) in [5.41, 5.74) is 2.06. The minimum Gasteiger partial charge on any atom is -0.481 e. The Morgan fingerprint density at radius 2 is 2.29 bits per heavy atom. The smallest absolute Gasteiger partial charge is 0.303 e. The Morgan fingerprint density at radius 3 is 2.82 bits per heavy atom. The summed E-state index contributed by atoms with van der Waals surface area (Å²) in [5.74, 6) is -0.745. The van der Waals surface area contributed by atoms with Crippen LogP contribution in [0.3, 0.4) is 0 Å². The van der Waals surface area contributed by atoms with Crippen LogP contribution in [0.1, 0.15) is 37.6 Å². The Morgan fingerprint density at radius 1 is 1.59 bits per heavy atom. The fraction of sp³-hybridized carbons (Fsp3) is 0.500. The van der Waals surface area contributed by atoms with Crippen molar-refractivity contribution in [2.24, 2.45) is 7.05 Å². The number of aliphatic carboxylic acids is 1. The van der Waals surface area contributed by atoms with Gasteiger partial charge in [-0.15, -0.1) is 0 Å². The first-order chi connectivity index (χ1) is 8.06. The SMILES string of the molecule is CCc1c(Br)c(/C=C\CCCC(=O)O)nn1C. The first kappa shape index (κ1) is 14.0. The summed E-state index contributed by atoms with van der Waals surface area (Å²) in [5, 5.41) is 12.9. The number of halogens is 1. The van der Waals surface area contributed by atoms with Crippen LogP contribution < -0.4 is 0 Å². The van der Waals surface area contributed by atoms with Gasteiger partial charge < -0.3 is 5.11 Å². The van der Waals surface area contributed by atoms with Crippen LogP contribution in [0.4, 0.5) is 0 Å². The van der Waals surface area contributed by atoms with Crippen molar-refractivity contribution in [1.82, 2.24) is 9.78 Å². The van der Waals surface area contributed by atoms with Crippen LogP contribution in [0.2, 0.25) is 0 Å². The molecule has 94 valence electrons. The fourth-order valence-electron chi connectivity index (χ4n) is 1.61. The van der Waals surface area contributed by atoms with E-state index in [0.717, 1.165) is 28.7 Å². The van der Waals surface area contributed by atoms with Crippen molar-refractivity contribution in [3.8, 4) is 0 Å². The molecule has 0 spiro atoms. The highest BCUT2D eigenvalue weighted by molar-refractivity contribution is 9.10. The van der Waals surface area contributed by atoms with Crippen LogP contribution in [0.15, 0.2) is 10.5 Å². The Kier molecular flexibility index (Phi) is 5.41. The van der Waals surface area contributed by atoms with Crippen LogP contribution in [0, 0.1) is 0 Å². The van der Waals surface area contributed by atoms with Gasteiger partial charge in [-0.05, 0) is 41.3 Å². The number of aryl methyl sites for hydroxylation is 1. The van der Waals surface area contributed by atoms with E-state index in [2.05, 4.69) is 28.0 Å². The molecular weight excluding hydrogens is 284 g/mol. The minimum atomic E-state index is -0.745. The number of hydrogen-bond acceptors (Lipinski definition) is 2. The van der Waals surface area contributed by atoms with Crippen LogP contribution in [0.5, 0.6) is 0 Å². The zero-order valence-electron chi connectivity index (χ0n) is 10.1. The molecule has 1 heterocycles. The van der Waals surface area contributed by atoms with Crippen LogP contribution in [0.25, 0.3) is 6.08 Å². The standard InChI is InChI=1S/C12H17BrN2O2/c1-3-10-12(13)9(14-15(10)2)7-5-4-6-8-11(16)17/h5,7H,3-4,6,8H2,1-2H3,(H,16,17)/b7-5-. The fourth-order valence-corrected chi connectivity index (χ4v) is 2.36. The third-order valence-corrected chi connectivity index (χ3v) is 3.36. The number of hydrogen-bond donors (Lipinski definition) is 1. The highest BCUT2D eigenvalue weighted by atomic mass is 79.9. The molecule has 0 saturated carbocycles. The minimum absolute atomic E-state index is 0.216. The number of aromatic nitrogens is 2. The van der Waals surface area contributed by atoms with Crippen molar-refractivity contribution in [2.45, 2.75) is 32.6 Å². The lowest BCUT2D eigenvalue weighted by atomic mass is 10.2. The third-order valence-electron chi connectivity index (χ3n) is 2.50. The second-order valence-electron chi connectivity index (χ2n) is 3.81. The van der Waals surface area contributed by atoms with E-state index in [4.69, 9.17) is 5.11 Å². The molecular formula is C12H17BrN2O2. The molecule has 0 aromatic carbocycles. The Bertz CT molecular complexity index is 424. The second-order valence-corrected chi connectivity index (χ2v) is 4.60. The Labute approximate surface area is 109 Å². The molecule has 17 heavy (non-hydrogen) atoms. The molecule has 0 saturated heterocycles. The normalized spacial score (nSPS) is 11.2. The number of unbranched alkanes of at least 4 members (excludes halogenated alkanes) is 1. The number of carboxylic acids is 1. The summed E-state index contributed by atoms with van der Waals surface area (Å²) in [4.78, 5) is 10.3. The highest BCUT2D eigenvalue weighted by Crippen LogP contribution is 2.22. The van der Waals surface area contributed by atoms with Crippen molar-refractivity contribution < 1.29 is 9.90 Å². The molecule has 1 rings (SSSR count). The lowest BCUT2D eigenvalue weighted by Gasteiger charge is -1.95. The van der Waals surface area contributed by atoms with Gasteiger partial charge in [0.2, 0.25) is 0 Å². The zero-order chi connectivity index (χ0) is 12.8. The maximum atomic E-state index is 10.3. The van der Waals surface area contributed by atoms with Gasteiger partial charge in [-0.2, -0.15) is 5.10 Å². The van der Waals surface area contributed by atoms with Gasteiger partial charge in [0, 0.05) is 13.5 Å². The molecule has 1 N–H and O–H groups in total. The Balaban J connectivity index is 2.57. The van der Waals surface area contributed by atoms with Crippen molar-refractivity contribution in [3.63, 3.8) is 0 Å². The molecule has 0 radical (unpaired) electrons. The van der Waals surface area contributed by atoms with E-state index in [0.29, 0.717) is 6.42 Å². The number of carboxylic acid groups (broad SMARTS) is 1. The largest absolute Gasteiger partial charge is 0.481 e. The third kappa shape index (κ3) is 4.00. The number of allylic oxidation sites excluding steroid dienone is 1. The summed E-state index contributed by atoms with van der Waals surface area (Å²) in [6, 6.07) is 0. The summed E-state index contributed by atoms with van der Waals surface area (Å²) < 4.78 is 2.89. The molecule has 5 heteroatoms. The van der Waals surface area contributed by atoms with E-state index in [1.807, 2.05) is 23.9 Å². The summed E-state index contributed by atoms with van der Waals surface area (Å²) >= 11 is 3.53. The first-order valence-corrected chi connectivity index (χ1v) is 6.45. The zero-order valence-corrected chi connectivity index (χ0v) is 11.7. The van der Waals surface area contributed by atoms with E-state index < -0.39 is 5.97 Å². The molecule has 0 unspecified atom stereocenters. The quantitative estimate of drug-likeness (QED) is 0.822. The molecule has 0 fully saturated rings. The highest BCUT2D eigenvalue weighted by Gasteiger charge is 2.09.